The van der Waals surface area contributed by atoms with Crippen LogP contribution in [0.15, 0.2) is 23.6 Å². The molecule has 12 heteroatoms. The van der Waals surface area contributed by atoms with Gasteiger partial charge in [-0.05, 0) is 31.5 Å². The lowest BCUT2D eigenvalue weighted by Crippen LogP contribution is -2.51. The molecular weight excluding hydrogens is 455 g/mol. The fraction of sp³-hybridized carbons (Fsp3) is 0.444. The van der Waals surface area contributed by atoms with Crippen molar-refractivity contribution in [1.82, 2.24) is 9.88 Å². The van der Waals surface area contributed by atoms with Gasteiger partial charge < -0.3 is 31.8 Å². The first-order valence-electron chi connectivity index (χ1n) is 8.58. The molecule has 172 valence electrons. The Hall–Kier alpha value is -1.66. The molecule has 0 radical (unpaired) electrons. The summed E-state index contributed by atoms with van der Waals surface area (Å²) in [6, 6.07) is 4.36. The molecule has 8 N–H and O–H groups in total. The number of carbonyl (C=O) groups is 1. The number of aryl methyl sites for hydroxylation is 1. The Morgan fingerprint density at radius 1 is 1.20 bits per heavy atom. The van der Waals surface area contributed by atoms with Gasteiger partial charge >= 0.3 is 0 Å². The second-order valence-electron chi connectivity index (χ2n) is 6.62. The monoisotopic (exact) mass is 484 g/mol. The zero-order chi connectivity index (χ0) is 18.8. The van der Waals surface area contributed by atoms with Crippen LogP contribution in [0, 0.1) is 6.92 Å². The summed E-state index contributed by atoms with van der Waals surface area (Å²) < 4.78 is 0. The van der Waals surface area contributed by atoms with Crippen molar-refractivity contribution in [2.45, 2.75) is 26.0 Å². The minimum Gasteiger partial charge on any atom is -0.507 e. The summed E-state index contributed by atoms with van der Waals surface area (Å²) in [6.07, 6.45) is -0.776. The first kappa shape index (κ1) is 30.5. The number of aliphatic hydroxyl groups excluding tert-OH is 1. The van der Waals surface area contributed by atoms with Crippen molar-refractivity contribution in [3.05, 3.63) is 40.4 Å². The van der Waals surface area contributed by atoms with Gasteiger partial charge in [-0.25, -0.2) is 4.98 Å². The Morgan fingerprint density at radius 3 is 2.30 bits per heavy atom. The molecule has 0 bridgehead atoms. The van der Waals surface area contributed by atoms with Crippen molar-refractivity contribution in [3.63, 3.8) is 0 Å². The number of hydrogen-bond acceptors (Lipinski definition) is 7. The van der Waals surface area contributed by atoms with Crippen LogP contribution in [-0.4, -0.2) is 69.2 Å². The average molecular weight is 485 g/mol. The molecule has 30 heavy (non-hydrogen) atoms. The van der Waals surface area contributed by atoms with Crippen molar-refractivity contribution >= 4 is 47.2 Å². The van der Waals surface area contributed by atoms with E-state index in [1.807, 2.05) is 13.8 Å². The summed E-state index contributed by atoms with van der Waals surface area (Å²) in [4.78, 5) is 20.4. The number of anilines is 1. The Labute approximate surface area is 192 Å². The van der Waals surface area contributed by atoms with Crippen molar-refractivity contribution in [1.29, 1.82) is 0 Å². The van der Waals surface area contributed by atoms with Crippen LogP contribution >= 0.6 is 36.2 Å². The number of piperazine rings is 1. The molecule has 2 unspecified atom stereocenters. The van der Waals surface area contributed by atoms with E-state index in [2.05, 4.69) is 20.2 Å². The van der Waals surface area contributed by atoms with Crippen molar-refractivity contribution in [2.75, 3.05) is 31.1 Å². The number of rotatable bonds is 5. The zero-order valence-electron chi connectivity index (χ0n) is 16.7. The highest BCUT2D eigenvalue weighted by atomic mass is 35.5. The third-order valence-corrected chi connectivity index (χ3v) is 5.87. The number of phenols is 1. The van der Waals surface area contributed by atoms with E-state index in [0.29, 0.717) is 5.56 Å². The van der Waals surface area contributed by atoms with E-state index >= 15 is 0 Å². The lowest BCUT2D eigenvalue weighted by atomic mass is 9.99. The molecule has 1 saturated heterocycles. The number of amides is 1. The van der Waals surface area contributed by atoms with Crippen LogP contribution in [0.5, 0.6) is 5.75 Å². The van der Waals surface area contributed by atoms with Crippen LogP contribution in [0.4, 0.5) is 5.13 Å². The predicted octanol–water partition coefficient (Wildman–Crippen LogP) is 0.694. The third-order valence-electron chi connectivity index (χ3n) is 4.85. The number of aliphatic hydroxyl groups is 1. The van der Waals surface area contributed by atoms with Gasteiger partial charge in [0.2, 0.25) is 0 Å². The van der Waals surface area contributed by atoms with Crippen molar-refractivity contribution in [3.8, 4) is 5.75 Å². The highest BCUT2D eigenvalue weighted by Crippen LogP contribution is 2.28. The van der Waals surface area contributed by atoms with Crippen LogP contribution < -0.4 is 10.6 Å². The summed E-state index contributed by atoms with van der Waals surface area (Å²) in [5.41, 5.74) is 6.91. The quantitative estimate of drug-likeness (QED) is 0.564. The smallest absolute Gasteiger partial charge is 0.252 e. The molecule has 1 aliphatic heterocycles. The molecule has 1 fully saturated rings. The number of primary amides is 1. The third kappa shape index (κ3) is 6.67. The molecule has 0 spiro atoms. The van der Waals surface area contributed by atoms with E-state index in [9.17, 15) is 15.0 Å². The number of thiazole rings is 1. The first-order valence-corrected chi connectivity index (χ1v) is 9.46. The summed E-state index contributed by atoms with van der Waals surface area (Å²) in [5.74, 6) is -0.884. The summed E-state index contributed by atoms with van der Waals surface area (Å²) in [7, 11) is 0. The SMILES string of the molecule is Cc1csc(N2CCN(C(C)C(O)c3ccc(O)c(C(N)=O)c3)CC2)n1.Cl.Cl.O.O. The van der Waals surface area contributed by atoms with Crippen LogP contribution in [0.1, 0.15) is 34.6 Å². The second kappa shape index (κ2) is 12.9. The van der Waals surface area contributed by atoms with Crippen LogP contribution in [-0.2, 0) is 0 Å². The van der Waals surface area contributed by atoms with Crippen LogP contribution in [0.25, 0.3) is 0 Å². The van der Waals surface area contributed by atoms with Crippen molar-refractivity contribution in [2.24, 2.45) is 5.73 Å². The number of halogens is 2. The lowest BCUT2D eigenvalue weighted by molar-refractivity contribution is 0.0545. The molecule has 2 heterocycles. The molecule has 2 aromatic rings. The number of nitrogens with zero attached hydrogens (tertiary/aromatic N) is 3. The number of hydrogen-bond donors (Lipinski definition) is 3. The van der Waals surface area contributed by atoms with Gasteiger partial charge in [0.05, 0.1) is 17.4 Å². The lowest BCUT2D eigenvalue weighted by Gasteiger charge is -2.39. The predicted molar refractivity (Wildman–Crippen MR) is 123 cm³/mol. The first-order chi connectivity index (χ1) is 12.4. The molecule has 0 aliphatic carbocycles. The van der Waals surface area contributed by atoms with E-state index in [-0.39, 0.29) is 53.1 Å². The standard InChI is InChI=1S/C18H24N4O3S.2ClH.2H2O/c1-11-10-26-18(20-11)22-7-5-21(6-8-22)12(2)16(24)13-3-4-15(23)14(9-13)17(19)25;;;;/h3-4,9-10,12,16,23-24H,5-8H2,1-2H3,(H2,19,25);2*1H;2*1H2. The number of aromatic nitrogens is 1. The Kier molecular flexibility index (Phi) is 13.1. The second-order valence-corrected chi connectivity index (χ2v) is 7.46. The molecular formula is C18H30Cl2N4O5S. The van der Waals surface area contributed by atoms with E-state index in [1.54, 1.807) is 17.4 Å². The highest BCUT2D eigenvalue weighted by molar-refractivity contribution is 7.13. The van der Waals surface area contributed by atoms with Gasteiger partial charge in [-0.3, -0.25) is 9.69 Å². The van der Waals surface area contributed by atoms with Gasteiger partial charge in [-0.2, -0.15) is 0 Å². The normalized spacial score (nSPS) is 15.5. The van der Waals surface area contributed by atoms with Gasteiger partial charge in [-0.1, -0.05) is 6.07 Å². The molecule has 9 nitrogen and oxygen atoms in total. The number of aromatic hydroxyl groups is 1. The fourth-order valence-corrected chi connectivity index (χ4v) is 4.08. The highest BCUT2D eigenvalue weighted by Gasteiger charge is 2.28. The summed E-state index contributed by atoms with van der Waals surface area (Å²) in [6.45, 7) is 7.30. The minimum absolute atomic E-state index is 0. The molecule has 1 aromatic carbocycles. The Morgan fingerprint density at radius 2 is 1.80 bits per heavy atom. The van der Waals surface area contributed by atoms with Gasteiger partial charge in [0.25, 0.3) is 5.91 Å². The molecule has 1 amide bonds. The maximum absolute atomic E-state index is 11.4. The van der Waals surface area contributed by atoms with Gasteiger partial charge in [0.15, 0.2) is 5.13 Å². The summed E-state index contributed by atoms with van der Waals surface area (Å²) >= 11 is 1.65. The van der Waals surface area contributed by atoms with Gasteiger partial charge in [0.1, 0.15) is 5.75 Å². The van der Waals surface area contributed by atoms with E-state index in [0.717, 1.165) is 37.0 Å². The van der Waals surface area contributed by atoms with Crippen LogP contribution in [0.3, 0.4) is 0 Å². The summed E-state index contributed by atoms with van der Waals surface area (Å²) in [5, 5.41) is 23.5. The van der Waals surface area contributed by atoms with Crippen molar-refractivity contribution < 1.29 is 26.0 Å². The minimum atomic E-state index is -0.776. The fourth-order valence-electron chi connectivity index (χ4n) is 3.22. The molecule has 0 saturated carbocycles. The maximum Gasteiger partial charge on any atom is 0.252 e. The number of nitrogens with two attached hydrogens (primary N) is 1. The molecule has 2 atom stereocenters. The topological polar surface area (TPSA) is 166 Å². The van der Waals surface area contributed by atoms with E-state index < -0.39 is 12.0 Å². The Balaban J connectivity index is 0. The zero-order valence-corrected chi connectivity index (χ0v) is 19.2. The molecule has 3 rings (SSSR count). The Bertz CT molecular complexity index is 803. The van der Waals surface area contributed by atoms with Crippen LogP contribution in [0.2, 0.25) is 0 Å². The largest absolute Gasteiger partial charge is 0.507 e. The maximum atomic E-state index is 11.4. The number of benzene rings is 1. The van der Waals surface area contributed by atoms with E-state index in [4.69, 9.17) is 5.73 Å². The molecule has 1 aliphatic rings. The average Bonchev–Trinajstić information content (AvgIpc) is 3.07. The number of carbonyl (C=O) groups excluding carboxylic acids is 1. The van der Waals surface area contributed by atoms with E-state index in [1.165, 1.54) is 12.1 Å². The molecule has 1 aromatic heterocycles. The van der Waals surface area contributed by atoms with Gasteiger partial charge in [0, 0.05) is 37.6 Å². The van der Waals surface area contributed by atoms with Gasteiger partial charge in [-0.15, -0.1) is 36.2 Å².